The topological polar surface area (TPSA) is 125 Å². The van der Waals surface area contributed by atoms with Crippen LogP contribution in [0.15, 0.2) is 66.7 Å². The lowest BCUT2D eigenvalue weighted by Crippen LogP contribution is -2.73. The van der Waals surface area contributed by atoms with Crippen LogP contribution in [0.5, 0.6) is 5.75 Å². The predicted octanol–water partition coefficient (Wildman–Crippen LogP) is 2.33. The summed E-state index contributed by atoms with van der Waals surface area (Å²) in [6.45, 7) is 3.67. The lowest BCUT2D eigenvalue weighted by Gasteiger charge is -2.49. The fraction of sp³-hybridized carbons (Fsp3) is 0.292. The second-order valence-corrected chi connectivity index (χ2v) is 10.5. The Morgan fingerprint density at radius 3 is 2.44 bits per heavy atom. The summed E-state index contributed by atoms with van der Waals surface area (Å²) in [5.41, 5.74) is 1.55. The summed E-state index contributed by atoms with van der Waals surface area (Å²) in [6, 6.07) is 13.2. The number of hydrogen-bond acceptors (Lipinski definition) is 8. The highest BCUT2D eigenvalue weighted by Gasteiger charge is 2.54. The molecule has 0 radical (unpaired) electrons. The van der Waals surface area contributed by atoms with Crippen LogP contribution in [0.3, 0.4) is 0 Å². The van der Waals surface area contributed by atoms with E-state index in [0.717, 1.165) is 10.5 Å². The lowest BCUT2D eigenvalue weighted by atomic mass is 9.99. The van der Waals surface area contributed by atoms with Crippen molar-refractivity contribution in [1.82, 2.24) is 10.2 Å². The first kappa shape index (κ1) is 27.7. The molecule has 3 rings (SSSR count). The van der Waals surface area contributed by atoms with Gasteiger partial charge in [-0.05, 0) is 39.6 Å². The van der Waals surface area contributed by atoms with Gasteiger partial charge >= 0.3 is 5.97 Å². The summed E-state index contributed by atoms with van der Waals surface area (Å²) in [5, 5.41) is 1.49. The zero-order valence-electron chi connectivity index (χ0n) is 19.3. The van der Waals surface area contributed by atoms with Gasteiger partial charge in [0.1, 0.15) is 23.8 Å². The number of carbonyl (C=O) groups is 3. The molecule has 4 unspecified atom stereocenters. The number of benzene rings is 2. The molecule has 1 aliphatic rings. The van der Waals surface area contributed by atoms with Gasteiger partial charge in [0.25, 0.3) is 0 Å². The number of alkyl halides is 1. The second kappa shape index (κ2) is 12.9. The van der Waals surface area contributed by atoms with Crippen LogP contribution in [0, 0.1) is 0 Å². The molecule has 12 heteroatoms. The van der Waals surface area contributed by atoms with Gasteiger partial charge < -0.3 is 24.2 Å². The summed E-state index contributed by atoms with van der Waals surface area (Å²) in [4.78, 5) is 39.6. The van der Waals surface area contributed by atoms with Crippen LogP contribution in [0.1, 0.15) is 11.1 Å². The molecule has 0 spiro atoms. The fourth-order valence-electron chi connectivity index (χ4n) is 3.59. The highest BCUT2D eigenvalue weighted by atomic mass is 35.5. The average Bonchev–Trinajstić information content (AvgIpc) is 2.88. The Morgan fingerprint density at radius 2 is 1.86 bits per heavy atom. The molecule has 1 N–H and O–H groups in total. The third kappa shape index (κ3) is 6.88. The van der Waals surface area contributed by atoms with Gasteiger partial charge in [-0.25, -0.2) is 4.79 Å². The first-order valence-electron chi connectivity index (χ1n) is 10.7. The van der Waals surface area contributed by atoms with E-state index in [4.69, 9.17) is 21.1 Å². The van der Waals surface area contributed by atoms with Crippen molar-refractivity contribution in [3.63, 3.8) is 0 Å². The van der Waals surface area contributed by atoms with Crippen molar-refractivity contribution in [2.75, 3.05) is 13.0 Å². The number of esters is 1. The number of rotatable bonds is 12. The first-order chi connectivity index (χ1) is 17.2. The molecular formula is C24H24ClN2O7S2-. The van der Waals surface area contributed by atoms with E-state index >= 15 is 0 Å². The SMILES string of the molecule is C=C(CCl)C(C(=O)OCc1ccc(OC)cc1)N1C(=O)C(NC(=O)Cc2ccccc2)C1SS(=O)[O-]. The van der Waals surface area contributed by atoms with Gasteiger partial charge in [-0.2, -0.15) is 0 Å². The molecule has 1 fully saturated rings. The maximum atomic E-state index is 13.0. The van der Waals surface area contributed by atoms with E-state index in [0.29, 0.717) is 22.1 Å². The lowest BCUT2D eigenvalue weighted by molar-refractivity contribution is -0.163. The summed E-state index contributed by atoms with van der Waals surface area (Å²) in [6.07, 6.45) is 0.00416. The number of carbonyl (C=O) groups excluding carboxylic acids is 3. The zero-order chi connectivity index (χ0) is 26.2. The number of nitrogens with one attached hydrogen (secondary N) is 1. The number of nitrogens with zero attached hydrogens (tertiary/aromatic N) is 1. The Kier molecular flexibility index (Phi) is 9.94. The van der Waals surface area contributed by atoms with Crippen LogP contribution < -0.4 is 10.1 Å². The maximum absolute atomic E-state index is 13.0. The van der Waals surface area contributed by atoms with E-state index in [-0.39, 0.29) is 24.5 Å². The average molecular weight is 552 g/mol. The Morgan fingerprint density at radius 1 is 1.19 bits per heavy atom. The highest BCUT2D eigenvalue weighted by Crippen LogP contribution is 2.36. The third-order valence-electron chi connectivity index (χ3n) is 5.38. The first-order valence-corrected chi connectivity index (χ1v) is 13.7. The summed E-state index contributed by atoms with van der Waals surface area (Å²) < 4.78 is 33.5. The van der Waals surface area contributed by atoms with Crippen LogP contribution in [0.25, 0.3) is 0 Å². The predicted molar refractivity (Wildman–Crippen MR) is 136 cm³/mol. The van der Waals surface area contributed by atoms with Crippen LogP contribution in [0.2, 0.25) is 0 Å². The Labute approximate surface area is 219 Å². The molecule has 0 aliphatic carbocycles. The van der Waals surface area contributed by atoms with Gasteiger partial charge in [-0.15, -0.1) is 11.6 Å². The molecule has 36 heavy (non-hydrogen) atoms. The third-order valence-corrected chi connectivity index (χ3v) is 7.64. The molecule has 2 amide bonds. The Balaban J connectivity index is 1.73. The van der Waals surface area contributed by atoms with Gasteiger partial charge in [0.15, 0.2) is 6.04 Å². The number of halogens is 1. The molecule has 192 valence electrons. The molecule has 0 aromatic heterocycles. The Bertz CT molecular complexity index is 1130. The normalized spacial score (nSPS) is 18.5. The Hall–Kier alpha value is -2.86. The van der Waals surface area contributed by atoms with Gasteiger partial charge in [0.05, 0.1) is 13.5 Å². The maximum Gasteiger partial charge on any atom is 0.333 e. The molecule has 1 saturated heterocycles. The number of amides is 2. The minimum absolute atomic E-state index is 0.00416. The van der Waals surface area contributed by atoms with Crippen molar-refractivity contribution in [2.45, 2.75) is 30.5 Å². The molecule has 0 saturated carbocycles. The van der Waals surface area contributed by atoms with E-state index in [2.05, 4.69) is 11.9 Å². The number of hydrogen-bond donors (Lipinski definition) is 1. The standard InChI is InChI=1S/C24H25ClN2O7S2/c1-15(13-25)21(24(30)34-14-17-8-10-18(33-2)11-9-17)27-22(29)20(23(27)35-36(31)32)26-19(28)12-16-6-4-3-5-7-16/h3-11,20-21,23H,1,12-14H2,2H3,(H,26,28)(H,31,32)/p-1. The number of ether oxygens (including phenoxy) is 2. The summed E-state index contributed by atoms with van der Waals surface area (Å²) in [5.74, 6) is -1.46. The van der Waals surface area contributed by atoms with E-state index in [1.54, 1.807) is 48.5 Å². The molecule has 9 nitrogen and oxygen atoms in total. The van der Waals surface area contributed by atoms with Crippen LogP contribution in [0.4, 0.5) is 0 Å². The number of likely N-dealkylation sites (tertiary alicyclic amines) is 1. The van der Waals surface area contributed by atoms with Crippen molar-refractivity contribution in [1.29, 1.82) is 0 Å². The van der Waals surface area contributed by atoms with E-state index in [9.17, 15) is 23.1 Å². The van der Waals surface area contributed by atoms with E-state index in [1.807, 2.05) is 6.07 Å². The molecule has 4 atom stereocenters. The summed E-state index contributed by atoms with van der Waals surface area (Å²) >= 11 is 5.92. The van der Waals surface area contributed by atoms with Crippen LogP contribution in [-0.4, -0.2) is 61.9 Å². The van der Waals surface area contributed by atoms with Crippen molar-refractivity contribution in [3.05, 3.63) is 77.9 Å². The van der Waals surface area contributed by atoms with Crippen molar-refractivity contribution in [3.8, 4) is 5.75 Å². The molecular weight excluding hydrogens is 528 g/mol. The van der Waals surface area contributed by atoms with Gasteiger partial charge in [0, 0.05) is 16.0 Å². The largest absolute Gasteiger partial charge is 0.763 e. The van der Waals surface area contributed by atoms with Gasteiger partial charge in [0.2, 0.25) is 11.8 Å². The smallest absolute Gasteiger partial charge is 0.333 e. The number of β-lactam (4-membered cyclic amide) rings is 1. The minimum Gasteiger partial charge on any atom is -0.763 e. The second-order valence-electron chi connectivity index (χ2n) is 7.79. The minimum atomic E-state index is -2.64. The summed E-state index contributed by atoms with van der Waals surface area (Å²) in [7, 11) is -0.707. The van der Waals surface area contributed by atoms with Crippen LogP contribution in [-0.2, 0) is 42.3 Å². The molecule has 1 aliphatic heterocycles. The molecule has 1 heterocycles. The van der Waals surface area contributed by atoms with Gasteiger partial charge in [-0.1, -0.05) is 49.0 Å². The van der Waals surface area contributed by atoms with E-state index < -0.39 is 45.4 Å². The van der Waals surface area contributed by atoms with E-state index in [1.165, 1.54) is 7.11 Å². The van der Waals surface area contributed by atoms with Crippen molar-refractivity contribution >= 4 is 50.3 Å². The highest BCUT2D eigenvalue weighted by molar-refractivity contribution is 8.67. The fourth-order valence-corrected chi connectivity index (χ4v) is 5.60. The molecule has 2 aromatic carbocycles. The van der Waals surface area contributed by atoms with Crippen molar-refractivity contribution < 1.29 is 32.6 Å². The van der Waals surface area contributed by atoms with Gasteiger partial charge in [-0.3, -0.25) is 13.8 Å². The monoisotopic (exact) mass is 551 g/mol. The quantitative estimate of drug-likeness (QED) is 0.106. The zero-order valence-corrected chi connectivity index (χ0v) is 21.6. The molecule has 2 aromatic rings. The van der Waals surface area contributed by atoms with Crippen LogP contribution >= 0.6 is 22.4 Å². The number of methoxy groups -OCH3 is 1. The van der Waals surface area contributed by atoms with Crippen molar-refractivity contribution in [2.24, 2.45) is 0 Å². The molecule has 0 bridgehead atoms.